The number of hydrogen-bond donors (Lipinski definition) is 3. The largest absolute Gasteiger partial charge is 0.393 e. The molecular weight excluding hydrogens is 156 g/mol. The van der Waals surface area contributed by atoms with Crippen molar-refractivity contribution >= 4 is 0 Å². The maximum absolute atomic E-state index is 9.10. The molecule has 0 aromatic rings. The van der Waals surface area contributed by atoms with Gasteiger partial charge in [0.05, 0.1) is 18.8 Å². The second-order valence-corrected chi connectivity index (χ2v) is 3.13. The number of aliphatic hydroxyl groups is 3. The summed E-state index contributed by atoms with van der Waals surface area (Å²) in [6.45, 7) is 3.42. The molecule has 0 spiro atoms. The summed E-state index contributed by atoms with van der Waals surface area (Å²) in [5, 5.41) is 26.5. The van der Waals surface area contributed by atoms with Crippen LogP contribution in [-0.4, -0.2) is 34.1 Å². The van der Waals surface area contributed by atoms with Crippen molar-refractivity contribution in [3.63, 3.8) is 0 Å². The molecule has 72 valence electrons. The molecule has 0 rings (SSSR count). The lowest BCUT2D eigenvalue weighted by molar-refractivity contribution is 0.128. The van der Waals surface area contributed by atoms with E-state index in [-0.39, 0.29) is 18.6 Å². The molecule has 0 aromatic carbocycles. The average Bonchev–Trinajstić information content (AvgIpc) is 2.03. The van der Waals surface area contributed by atoms with Gasteiger partial charge in [-0.05, 0) is 19.3 Å². The molecular formula is C9H18O3. The van der Waals surface area contributed by atoms with E-state index in [0.29, 0.717) is 6.42 Å². The van der Waals surface area contributed by atoms with Crippen LogP contribution in [0.1, 0.15) is 20.3 Å². The standard InChI is InChI=1S/C9H18O3/c1-7(8(2)11)4-3-5-9(12)6-10/h3,5,7-12H,4,6H2,1-2H3/t7?,8?,9-/m0/s1. The minimum absolute atomic E-state index is 0.187. The highest BCUT2D eigenvalue weighted by molar-refractivity contribution is 4.89. The van der Waals surface area contributed by atoms with Crippen molar-refractivity contribution in [2.75, 3.05) is 6.61 Å². The van der Waals surface area contributed by atoms with Gasteiger partial charge in [-0.15, -0.1) is 0 Å². The number of hydrogen-bond acceptors (Lipinski definition) is 3. The van der Waals surface area contributed by atoms with Crippen molar-refractivity contribution in [3.05, 3.63) is 12.2 Å². The number of aliphatic hydroxyl groups excluding tert-OH is 3. The highest BCUT2D eigenvalue weighted by Crippen LogP contribution is 2.08. The van der Waals surface area contributed by atoms with Gasteiger partial charge >= 0.3 is 0 Å². The maximum atomic E-state index is 9.10. The van der Waals surface area contributed by atoms with Crippen LogP contribution >= 0.6 is 0 Å². The predicted octanol–water partition coefficient (Wildman–Crippen LogP) is 0.303. The first-order valence-electron chi connectivity index (χ1n) is 4.21. The quantitative estimate of drug-likeness (QED) is 0.525. The van der Waals surface area contributed by atoms with E-state index in [1.807, 2.05) is 6.92 Å². The van der Waals surface area contributed by atoms with Gasteiger partial charge < -0.3 is 15.3 Å². The van der Waals surface area contributed by atoms with Crippen molar-refractivity contribution in [2.45, 2.75) is 32.5 Å². The van der Waals surface area contributed by atoms with Crippen molar-refractivity contribution in [2.24, 2.45) is 5.92 Å². The minimum atomic E-state index is -0.772. The Labute approximate surface area is 73.4 Å². The molecule has 0 saturated heterocycles. The summed E-state index contributed by atoms with van der Waals surface area (Å²) in [5.41, 5.74) is 0. The molecule has 0 bridgehead atoms. The van der Waals surface area contributed by atoms with Gasteiger partial charge in [-0.3, -0.25) is 0 Å². The van der Waals surface area contributed by atoms with Crippen LogP contribution in [0, 0.1) is 5.92 Å². The first kappa shape index (κ1) is 11.6. The summed E-state index contributed by atoms with van der Waals surface area (Å²) in [6, 6.07) is 0. The summed E-state index contributed by atoms with van der Waals surface area (Å²) in [6.07, 6.45) is 2.93. The van der Waals surface area contributed by atoms with E-state index in [0.717, 1.165) is 0 Å². The summed E-state index contributed by atoms with van der Waals surface area (Å²) in [5.74, 6) is 0.187. The highest BCUT2D eigenvalue weighted by atomic mass is 16.3. The van der Waals surface area contributed by atoms with Crippen molar-refractivity contribution in [1.82, 2.24) is 0 Å². The molecule has 12 heavy (non-hydrogen) atoms. The van der Waals surface area contributed by atoms with Crippen LogP contribution in [0.3, 0.4) is 0 Å². The lowest BCUT2D eigenvalue weighted by atomic mass is 10.0. The Kier molecular flexibility index (Phi) is 5.98. The maximum Gasteiger partial charge on any atom is 0.0951 e. The average molecular weight is 174 g/mol. The van der Waals surface area contributed by atoms with E-state index in [9.17, 15) is 0 Å². The zero-order valence-electron chi connectivity index (χ0n) is 7.64. The zero-order chi connectivity index (χ0) is 9.56. The molecule has 2 unspecified atom stereocenters. The fourth-order valence-electron chi connectivity index (χ4n) is 0.708. The second-order valence-electron chi connectivity index (χ2n) is 3.13. The van der Waals surface area contributed by atoms with Crippen LogP contribution in [0.25, 0.3) is 0 Å². The Morgan fingerprint density at radius 3 is 2.25 bits per heavy atom. The molecule has 0 aliphatic carbocycles. The van der Waals surface area contributed by atoms with Gasteiger partial charge in [0.1, 0.15) is 0 Å². The Hall–Kier alpha value is -0.380. The van der Waals surface area contributed by atoms with Crippen molar-refractivity contribution < 1.29 is 15.3 Å². The van der Waals surface area contributed by atoms with Gasteiger partial charge in [0.2, 0.25) is 0 Å². The summed E-state index contributed by atoms with van der Waals surface area (Å²) in [4.78, 5) is 0. The fourth-order valence-corrected chi connectivity index (χ4v) is 0.708. The zero-order valence-corrected chi connectivity index (χ0v) is 7.64. The van der Waals surface area contributed by atoms with E-state index < -0.39 is 6.10 Å². The molecule has 0 saturated carbocycles. The summed E-state index contributed by atoms with van der Waals surface area (Å²) >= 11 is 0. The highest BCUT2D eigenvalue weighted by Gasteiger charge is 2.05. The summed E-state index contributed by atoms with van der Waals surface area (Å²) in [7, 11) is 0. The van der Waals surface area contributed by atoms with Crippen molar-refractivity contribution in [1.29, 1.82) is 0 Å². The van der Waals surface area contributed by atoms with Crippen LogP contribution in [0.4, 0.5) is 0 Å². The first-order chi connectivity index (χ1) is 5.57. The van der Waals surface area contributed by atoms with Crippen LogP contribution < -0.4 is 0 Å². The van der Waals surface area contributed by atoms with Crippen LogP contribution in [-0.2, 0) is 0 Å². The van der Waals surface area contributed by atoms with Gasteiger partial charge in [-0.25, -0.2) is 0 Å². The van der Waals surface area contributed by atoms with Gasteiger partial charge in [-0.1, -0.05) is 19.1 Å². The van der Waals surface area contributed by atoms with Gasteiger partial charge in [0.15, 0.2) is 0 Å². The molecule has 0 aliphatic rings. The monoisotopic (exact) mass is 174 g/mol. The van der Waals surface area contributed by atoms with Crippen LogP contribution in [0.15, 0.2) is 12.2 Å². The molecule has 3 nitrogen and oxygen atoms in total. The minimum Gasteiger partial charge on any atom is -0.393 e. The number of rotatable bonds is 5. The lowest BCUT2D eigenvalue weighted by Gasteiger charge is -2.11. The molecule has 3 N–H and O–H groups in total. The van der Waals surface area contributed by atoms with E-state index in [1.165, 1.54) is 0 Å². The van der Waals surface area contributed by atoms with E-state index in [2.05, 4.69) is 0 Å². The Morgan fingerprint density at radius 2 is 1.83 bits per heavy atom. The molecule has 0 heterocycles. The third-order valence-corrected chi connectivity index (χ3v) is 1.88. The van der Waals surface area contributed by atoms with Gasteiger partial charge in [0.25, 0.3) is 0 Å². The summed E-state index contributed by atoms with van der Waals surface area (Å²) < 4.78 is 0. The van der Waals surface area contributed by atoms with Gasteiger partial charge in [-0.2, -0.15) is 0 Å². The van der Waals surface area contributed by atoms with E-state index >= 15 is 0 Å². The Balaban J connectivity index is 3.59. The van der Waals surface area contributed by atoms with Crippen LogP contribution in [0.5, 0.6) is 0 Å². The second kappa shape index (κ2) is 6.17. The van der Waals surface area contributed by atoms with Gasteiger partial charge in [0, 0.05) is 0 Å². The van der Waals surface area contributed by atoms with Crippen molar-refractivity contribution in [3.8, 4) is 0 Å². The third-order valence-electron chi connectivity index (χ3n) is 1.88. The smallest absolute Gasteiger partial charge is 0.0951 e. The number of allylic oxidation sites excluding steroid dienone is 1. The molecule has 0 amide bonds. The first-order valence-corrected chi connectivity index (χ1v) is 4.21. The Morgan fingerprint density at radius 1 is 1.25 bits per heavy atom. The lowest BCUT2D eigenvalue weighted by Crippen LogP contribution is -2.12. The topological polar surface area (TPSA) is 60.7 Å². The normalized spacial score (nSPS) is 19.4. The molecule has 0 radical (unpaired) electrons. The Bertz CT molecular complexity index is 132. The van der Waals surface area contributed by atoms with E-state index in [4.69, 9.17) is 15.3 Å². The predicted molar refractivity (Wildman–Crippen MR) is 47.7 cm³/mol. The van der Waals surface area contributed by atoms with E-state index in [1.54, 1.807) is 19.1 Å². The molecule has 0 aromatic heterocycles. The molecule has 0 aliphatic heterocycles. The SMILES string of the molecule is CC(O)C(C)CC=C[C@H](O)CO. The molecule has 3 heteroatoms. The van der Waals surface area contributed by atoms with Crippen LogP contribution in [0.2, 0.25) is 0 Å². The molecule has 0 fully saturated rings. The fraction of sp³-hybridized carbons (Fsp3) is 0.778. The third kappa shape index (κ3) is 5.29. The molecule has 3 atom stereocenters.